The second kappa shape index (κ2) is 13.3. The molecule has 0 heterocycles. The van der Waals surface area contributed by atoms with Crippen LogP contribution >= 0.6 is 0 Å². The van der Waals surface area contributed by atoms with Crippen LogP contribution in [0.25, 0.3) is 0 Å². The summed E-state index contributed by atoms with van der Waals surface area (Å²) in [6, 6.07) is 17.6. The van der Waals surface area contributed by atoms with Gasteiger partial charge >= 0.3 is 12.0 Å². The summed E-state index contributed by atoms with van der Waals surface area (Å²) in [5, 5.41) is 20.0. The molecule has 5 N–H and O–H groups in total. The Morgan fingerprint density at radius 2 is 1.56 bits per heavy atom. The van der Waals surface area contributed by atoms with E-state index in [1.54, 1.807) is 48.5 Å². The molecule has 0 spiro atoms. The van der Waals surface area contributed by atoms with Crippen LogP contribution in [0.5, 0.6) is 0 Å². The fourth-order valence-electron chi connectivity index (χ4n) is 3.87. The molecule has 0 fully saturated rings. The smallest absolute Gasteiger partial charge is 0.323 e. The van der Waals surface area contributed by atoms with E-state index in [1.165, 1.54) is 13.2 Å². The summed E-state index contributed by atoms with van der Waals surface area (Å²) >= 11 is 0. The van der Waals surface area contributed by atoms with Crippen molar-refractivity contribution in [1.29, 1.82) is 0 Å². The quantitative estimate of drug-likeness (QED) is 0.255. The normalized spacial score (nSPS) is 12.1. The van der Waals surface area contributed by atoms with Crippen LogP contribution in [0, 0.1) is 6.92 Å². The van der Waals surface area contributed by atoms with Crippen molar-refractivity contribution in [2.24, 2.45) is 0 Å². The number of carbonyl (C=O) groups is 4. The topological polar surface area (TPSA) is 154 Å². The zero-order valence-electron chi connectivity index (χ0n) is 21.7. The van der Waals surface area contributed by atoms with Crippen molar-refractivity contribution in [2.75, 3.05) is 22.2 Å². The monoisotopic (exact) mass is 550 g/mol. The number of anilines is 3. The maximum absolute atomic E-state index is 12.7. The zero-order valence-corrected chi connectivity index (χ0v) is 22.6. The van der Waals surface area contributed by atoms with Crippen LogP contribution in [-0.2, 0) is 31.6 Å². The van der Waals surface area contributed by atoms with Gasteiger partial charge < -0.3 is 26.4 Å². The third-order valence-electron chi connectivity index (χ3n) is 5.71. The number of hydrogen-bond donors (Lipinski definition) is 5. The minimum Gasteiger partial charge on any atom is -0.481 e. The second-order valence-electron chi connectivity index (χ2n) is 8.88. The van der Waals surface area contributed by atoms with Gasteiger partial charge in [-0.15, -0.1) is 0 Å². The molecule has 0 aliphatic rings. The summed E-state index contributed by atoms with van der Waals surface area (Å²) in [7, 11) is -1.43. The number of aliphatic carboxylic acids is 1. The molecule has 1 unspecified atom stereocenters. The van der Waals surface area contributed by atoms with E-state index in [-0.39, 0.29) is 24.7 Å². The largest absolute Gasteiger partial charge is 0.481 e. The van der Waals surface area contributed by atoms with Gasteiger partial charge in [-0.1, -0.05) is 36.4 Å². The molecule has 10 nitrogen and oxygen atoms in total. The lowest BCUT2D eigenvalue weighted by Gasteiger charge is -2.17. The number of nitrogens with one attached hydrogen (secondary N) is 4. The fraction of sp³-hybridized carbons (Fsp3) is 0.214. The van der Waals surface area contributed by atoms with Crippen LogP contribution < -0.4 is 21.3 Å². The molecule has 11 heteroatoms. The van der Waals surface area contributed by atoms with E-state index in [4.69, 9.17) is 5.11 Å². The number of urea groups is 1. The number of rotatable bonds is 10. The maximum atomic E-state index is 12.7. The summed E-state index contributed by atoms with van der Waals surface area (Å²) in [6.45, 7) is 3.18. The second-order valence-corrected chi connectivity index (χ2v) is 10.2. The summed E-state index contributed by atoms with van der Waals surface area (Å²) < 4.78 is 12.4. The molecule has 204 valence electrons. The highest BCUT2D eigenvalue weighted by molar-refractivity contribution is 7.84. The molecule has 0 radical (unpaired) electrons. The molecule has 0 bridgehead atoms. The molecule has 3 aromatic carbocycles. The predicted molar refractivity (Wildman–Crippen MR) is 150 cm³/mol. The Morgan fingerprint density at radius 1 is 0.897 bits per heavy atom. The van der Waals surface area contributed by atoms with Crippen molar-refractivity contribution in [1.82, 2.24) is 5.32 Å². The van der Waals surface area contributed by atoms with Crippen LogP contribution in [0.3, 0.4) is 0 Å². The summed E-state index contributed by atoms with van der Waals surface area (Å²) in [5.41, 5.74) is 3.61. The average molecular weight is 551 g/mol. The number of para-hydroxylation sites is 1. The summed E-state index contributed by atoms with van der Waals surface area (Å²) in [5.74, 6) is -1.72. The summed E-state index contributed by atoms with van der Waals surface area (Å²) in [4.78, 5) is 48.1. The lowest BCUT2D eigenvalue weighted by atomic mass is 10.0. The Hall–Kier alpha value is -4.51. The molecular weight excluding hydrogens is 520 g/mol. The molecule has 3 aromatic rings. The van der Waals surface area contributed by atoms with E-state index < -0.39 is 28.8 Å². The van der Waals surface area contributed by atoms with Gasteiger partial charge in [0.1, 0.15) is 0 Å². The van der Waals surface area contributed by atoms with Gasteiger partial charge in [-0.05, 0) is 53.9 Å². The molecule has 0 saturated carbocycles. The Morgan fingerprint density at radius 3 is 2.18 bits per heavy atom. The molecule has 2 atom stereocenters. The van der Waals surface area contributed by atoms with Crippen LogP contribution in [0.15, 0.2) is 71.6 Å². The Balaban J connectivity index is 1.65. The van der Waals surface area contributed by atoms with Gasteiger partial charge in [0.15, 0.2) is 0 Å². The van der Waals surface area contributed by atoms with E-state index >= 15 is 0 Å². The lowest BCUT2D eigenvalue weighted by molar-refractivity contribution is -0.137. The first kappa shape index (κ1) is 29.1. The lowest BCUT2D eigenvalue weighted by Crippen LogP contribution is -2.28. The van der Waals surface area contributed by atoms with E-state index in [2.05, 4.69) is 21.3 Å². The first-order valence-electron chi connectivity index (χ1n) is 12.0. The van der Waals surface area contributed by atoms with E-state index in [9.17, 15) is 23.4 Å². The maximum Gasteiger partial charge on any atom is 0.323 e. The van der Waals surface area contributed by atoms with Gasteiger partial charge in [-0.3, -0.25) is 18.6 Å². The number of hydrogen-bond acceptors (Lipinski definition) is 5. The van der Waals surface area contributed by atoms with Crippen molar-refractivity contribution >= 4 is 51.7 Å². The van der Waals surface area contributed by atoms with E-state index in [0.29, 0.717) is 33.1 Å². The van der Waals surface area contributed by atoms with Crippen LogP contribution in [0.4, 0.5) is 21.9 Å². The molecule has 0 aromatic heterocycles. The van der Waals surface area contributed by atoms with Gasteiger partial charge in [-0.25, -0.2) is 4.79 Å². The first-order valence-corrected chi connectivity index (χ1v) is 13.6. The SMILES string of the molecule is CC(=O)N[C@H](CC(=O)O)c1ccc(NC(=O)Cc2ccc(NC(=O)Nc3ccccc3C)c(S(C)=O)c2)cc1. The van der Waals surface area contributed by atoms with Gasteiger partial charge in [0.25, 0.3) is 0 Å². The van der Waals surface area contributed by atoms with Gasteiger partial charge in [0.2, 0.25) is 11.8 Å². The van der Waals surface area contributed by atoms with E-state index in [0.717, 1.165) is 5.56 Å². The minimum atomic E-state index is -1.43. The molecule has 0 aliphatic heterocycles. The van der Waals surface area contributed by atoms with Gasteiger partial charge in [0.05, 0.1) is 40.3 Å². The molecule has 39 heavy (non-hydrogen) atoms. The first-order chi connectivity index (χ1) is 18.5. The molecule has 4 amide bonds. The van der Waals surface area contributed by atoms with Crippen molar-refractivity contribution in [2.45, 2.75) is 37.6 Å². The number of carboxylic acid groups (broad SMARTS) is 1. The number of carbonyl (C=O) groups excluding carboxylic acids is 3. The third-order valence-corrected chi connectivity index (χ3v) is 6.67. The van der Waals surface area contributed by atoms with Gasteiger partial charge in [0, 0.05) is 24.6 Å². The minimum absolute atomic E-state index is 0.00479. The zero-order chi connectivity index (χ0) is 28.5. The van der Waals surface area contributed by atoms with Crippen molar-refractivity contribution < 1.29 is 28.5 Å². The summed E-state index contributed by atoms with van der Waals surface area (Å²) in [6.07, 6.45) is 1.21. The average Bonchev–Trinajstić information content (AvgIpc) is 2.85. The third kappa shape index (κ3) is 8.78. The van der Waals surface area contributed by atoms with Gasteiger partial charge in [-0.2, -0.15) is 0 Å². The highest BCUT2D eigenvalue weighted by Gasteiger charge is 2.17. The molecular formula is C28H30N4O6S. The Kier molecular flexibility index (Phi) is 9.93. The number of carboxylic acids is 1. The van der Waals surface area contributed by atoms with Crippen LogP contribution in [-0.4, -0.2) is 39.4 Å². The molecule has 3 rings (SSSR count). The van der Waals surface area contributed by atoms with Crippen molar-refractivity contribution in [3.05, 3.63) is 83.4 Å². The highest BCUT2D eigenvalue weighted by Crippen LogP contribution is 2.23. The fourth-order valence-corrected chi connectivity index (χ4v) is 4.61. The molecule has 0 saturated heterocycles. The Bertz CT molecular complexity index is 1390. The Labute approximate surface area is 228 Å². The van der Waals surface area contributed by atoms with Crippen molar-refractivity contribution in [3.8, 4) is 0 Å². The number of benzene rings is 3. The van der Waals surface area contributed by atoms with E-state index in [1.807, 2.05) is 25.1 Å². The van der Waals surface area contributed by atoms with Crippen molar-refractivity contribution in [3.63, 3.8) is 0 Å². The number of aryl methyl sites for hydroxylation is 1. The van der Waals surface area contributed by atoms with Crippen LogP contribution in [0.1, 0.15) is 36.1 Å². The highest BCUT2D eigenvalue weighted by atomic mass is 32.2. The molecule has 0 aliphatic carbocycles. The predicted octanol–water partition coefficient (Wildman–Crippen LogP) is 4.21. The van der Waals surface area contributed by atoms with Crippen LogP contribution in [0.2, 0.25) is 0 Å². The number of amides is 4. The standard InChI is InChI=1S/C28H30N4O6S/c1-17-6-4-5-7-22(17)31-28(37)32-23-13-8-19(14-25(23)39(3)38)15-26(34)30-21-11-9-20(10-12-21)24(16-27(35)36)29-18(2)33/h4-14,24H,15-16H2,1-3H3,(H,29,33)(H,30,34)(H,35,36)(H2,31,32,37)/t24-,39?/m1/s1.